The molecule has 3 N–H and O–H groups in total. The molecule has 0 fully saturated rings. The van der Waals surface area contributed by atoms with Crippen LogP contribution in [0.4, 0.5) is 0 Å². The van der Waals surface area contributed by atoms with Crippen LogP contribution in [-0.4, -0.2) is 28.2 Å². The molecule has 1 aromatic carbocycles. The Hall–Kier alpha value is -0.845. The summed E-state index contributed by atoms with van der Waals surface area (Å²) in [6, 6.07) is 4.25. The van der Waals surface area contributed by atoms with Crippen LogP contribution >= 0.6 is 15.9 Å². The Morgan fingerprint density at radius 2 is 2.00 bits per heavy atom. The maximum absolute atomic E-state index is 10.6. The first kappa shape index (κ1) is 10.2. The molecule has 0 heterocycles. The predicted molar refractivity (Wildman–Crippen MR) is 50.9 cm³/mol. The number of halogens is 1. The number of hydrogen-bond acceptors (Lipinski definition) is 3. The van der Waals surface area contributed by atoms with Gasteiger partial charge in [0.15, 0.2) is 0 Å². The molecule has 4 nitrogen and oxygen atoms in total. The summed E-state index contributed by atoms with van der Waals surface area (Å²) in [5, 5.41) is 26.4. The van der Waals surface area contributed by atoms with E-state index in [4.69, 9.17) is 15.2 Å². The maximum Gasteiger partial charge on any atom is 0.489 e. The summed E-state index contributed by atoms with van der Waals surface area (Å²) in [5.74, 6) is -1.12. The van der Waals surface area contributed by atoms with E-state index in [0.717, 1.165) is 0 Å². The van der Waals surface area contributed by atoms with Crippen molar-refractivity contribution in [2.45, 2.75) is 0 Å². The fourth-order valence-electron chi connectivity index (χ4n) is 0.914. The normalized spacial score (nSPS) is 9.77. The molecule has 6 heteroatoms. The third-order valence-electron chi connectivity index (χ3n) is 1.54. The van der Waals surface area contributed by atoms with E-state index in [-0.39, 0.29) is 15.5 Å². The Balaban J connectivity index is 3.26. The predicted octanol–water partition coefficient (Wildman–Crippen LogP) is -0.173. The van der Waals surface area contributed by atoms with Gasteiger partial charge in [0.2, 0.25) is 0 Å². The molecule has 0 unspecified atom stereocenters. The lowest BCUT2D eigenvalue weighted by atomic mass is 9.79. The zero-order chi connectivity index (χ0) is 10.0. The SMILES string of the molecule is O=C(O)c1cccc(B(O)O)c1Br. The fourth-order valence-corrected chi connectivity index (χ4v) is 1.55. The molecule has 0 aliphatic rings. The molecule has 0 radical (unpaired) electrons. The molecule has 1 aromatic rings. The van der Waals surface area contributed by atoms with Gasteiger partial charge in [-0.05, 0) is 11.5 Å². The second-order valence-electron chi connectivity index (χ2n) is 2.39. The molecule has 0 aromatic heterocycles. The number of hydrogen-bond donors (Lipinski definition) is 3. The third-order valence-corrected chi connectivity index (χ3v) is 2.42. The first-order chi connectivity index (χ1) is 6.04. The van der Waals surface area contributed by atoms with Crippen molar-refractivity contribution < 1.29 is 19.9 Å². The zero-order valence-electron chi connectivity index (χ0n) is 6.44. The van der Waals surface area contributed by atoms with Crippen molar-refractivity contribution in [3.8, 4) is 0 Å². The van der Waals surface area contributed by atoms with Crippen LogP contribution in [-0.2, 0) is 0 Å². The van der Waals surface area contributed by atoms with E-state index in [2.05, 4.69) is 15.9 Å². The largest absolute Gasteiger partial charge is 0.489 e. The van der Waals surface area contributed by atoms with Crippen LogP contribution in [0.1, 0.15) is 10.4 Å². The Bertz CT molecular complexity index is 339. The Labute approximate surface area is 83.1 Å². The van der Waals surface area contributed by atoms with Gasteiger partial charge in [0.05, 0.1) is 5.56 Å². The van der Waals surface area contributed by atoms with Crippen LogP contribution in [0.3, 0.4) is 0 Å². The van der Waals surface area contributed by atoms with E-state index in [1.54, 1.807) is 0 Å². The lowest BCUT2D eigenvalue weighted by Gasteiger charge is -2.04. The van der Waals surface area contributed by atoms with Gasteiger partial charge in [-0.25, -0.2) is 4.79 Å². The molecule has 0 saturated heterocycles. The minimum absolute atomic E-state index is 0.00519. The van der Waals surface area contributed by atoms with Crippen LogP contribution in [0.5, 0.6) is 0 Å². The topological polar surface area (TPSA) is 77.8 Å². The highest BCUT2D eigenvalue weighted by atomic mass is 79.9. The number of carboxylic acids is 1. The second kappa shape index (κ2) is 3.91. The van der Waals surface area contributed by atoms with Gasteiger partial charge in [0.1, 0.15) is 0 Å². The van der Waals surface area contributed by atoms with Crippen molar-refractivity contribution in [3.63, 3.8) is 0 Å². The molecule has 0 saturated carbocycles. The van der Waals surface area contributed by atoms with Crippen LogP contribution < -0.4 is 5.46 Å². The molecule has 0 aliphatic carbocycles. The highest BCUT2D eigenvalue weighted by molar-refractivity contribution is 9.10. The second-order valence-corrected chi connectivity index (χ2v) is 3.18. The zero-order valence-corrected chi connectivity index (χ0v) is 8.02. The number of carboxylic acid groups (broad SMARTS) is 1. The summed E-state index contributed by atoms with van der Waals surface area (Å²) in [4.78, 5) is 10.6. The third kappa shape index (κ3) is 2.09. The highest BCUT2D eigenvalue weighted by Gasteiger charge is 2.19. The first-order valence-electron chi connectivity index (χ1n) is 3.42. The average molecular weight is 245 g/mol. The van der Waals surface area contributed by atoms with Gasteiger partial charge in [-0.15, -0.1) is 0 Å². The molecule has 0 bridgehead atoms. The summed E-state index contributed by atoms with van der Waals surface area (Å²) in [7, 11) is -1.67. The molecule has 0 amide bonds. The minimum atomic E-state index is -1.67. The number of benzene rings is 1. The summed E-state index contributed by atoms with van der Waals surface area (Å²) >= 11 is 2.98. The molecule has 0 spiro atoms. The molecular weight excluding hydrogens is 239 g/mol. The van der Waals surface area contributed by atoms with Crippen LogP contribution in [0, 0.1) is 0 Å². The van der Waals surface area contributed by atoms with Crippen molar-refractivity contribution in [1.29, 1.82) is 0 Å². The van der Waals surface area contributed by atoms with Crippen LogP contribution in [0.2, 0.25) is 0 Å². The van der Waals surface area contributed by atoms with Crippen LogP contribution in [0.25, 0.3) is 0 Å². The van der Waals surface area contributed by atoms with Crippen molar-refractivity contribution in [2.75, 3.05) is 0 Å². The lowest BCUT2D eigenvalue weighted by Crippen LogP contribution is -2.31. The smallest absolute Gasteiger partial charge is 0.478 e. The molecule has 1 rings (SSSR count). The molecule has 0 atom stereocenters. The van der Waals surface area contributed by atoms with E-state index in [1.165, 1.54) is 18.2 Å². The monoisotopic (exact) mass is 244 g/mol. The first-order valence-corrected chi connectivity index (χ1v) is 4.21. The Morgan fingerprint density at radius 1 is 1.38 bits per heavy atom. The number of aromatic carboxylic acids is 1. The molecule has 68 valence electrons. The van der Waals surface area contributed by atoms with E-state index in [1.807, 2.05) is 0 Å². The molecule has 0 aliphatic heterocycles. The lowest BCUT2D eigenvalue weighted by molar-refractivity contribution is 0.0696. The quantitative estimate of drug-likeness (QED) is 0.632. The number of carbonyl (C=O) groups is 1. The standard InChI is InChI=1S/C7H6BBrO4/c9-6-4(7(10)11)2-1-3-5(6)8(12)13/h1-3,12-13H,(H,10,11). The van der Waals surface area contributed by atoms with Crippen molar-refractivity contribution in [3.05, 3.63) is 28.2 Å². The Kier molecular flexibility index (Phi) is 3.08. The van der Waals surface area contributed by atoms with Gasteiger partial charge in [0.25, 0.3) is 0 Å². The summed E-state index contributed by atoms with van der Waals surface area (Å²) < 4.78 is 0.192. The fraction of sp³-hybridized carbons (Fsp3) is 0. The maximum atomic E-state index is 10.6. The van der Waals surface area contributed by atoms with Crippen LogP contribution in [0.15, 0.2) is 22.7 Å². The van der Waals surface area contributed by atoms with Gasteiger partial charge >= 0.3 is 13.1 Å². The summed E-state index contributed by atoms with van der Waals surface area (Å²) in [6.07, 6.45) is 0. The van der Waals surface area contributed by atoms with Gasteiger partial charge in [0, 0.05) is 4.47 Å². The highest BCUT2D eigenvalue weighted by Crippen LogP contribution is 2.14. The van der Waals surface area contributed by atoms with Crippen molar-refractivity contribution in [1.82, 2.24) is 0 Å². The van der Waals surface area contributed by atoms with Gasteiger partial charge in [-0.1, -0.05) is 28.1 Å². The van der Waals surface area contributed by atoms with E-state index in [0.29, 0.717) is 0 Å². The van der Waals surface area contributed by atoms with E-state index in [9.17, 15) is 4.79 Å². The molecule has 13 heavy (non-hydrogen) atoms. The number of rotatable bonds is 2. The van der Waals surface area contributed by atoms with Gasteiger partial charge < -0.3 is 15.2 Å². The van der Waals surface area contributed by atoms with E-state index < -0.39 is 13.1 Å². The van der Waals surface area contributed by atoms with Gasteiger partial charge in [-0.3, -0.25) is 0 Å². The summed E-state index contributed by atoms with van der Waals surface area (Å²) in [6.45, 7) is 0. The van der Waals surface area contributed by atoms with Crippen molar-refractivity contribution in [2.24, 2.45) is 0 Å². The van der Waals surface area contributed by atoms with Gasteiger partial charge in [-0.2, -0.15) is 0 Å². The van der Waals surface area contributed by atoms with Crippen molar-refractivity contribution >= 4 is 34.5 Å². The average Bonchev–Trinajstić information content (AvgIpc) is 2.03. The Morgan fingerprint density at radius 3 is 2.46 bits per heavy atom. The minimum Gasteiger partial charge on any atom is -0.478 e. The van der Waals surface area contributed by atoms with E-state index >= 15 is 0 Å². The molecular formula is C7H6BBrO4. The summed E-state index contributed by atoms with van der Waals surface area (Å²) in [5.41, 5.74) is 0.144.